The minimum atomic E-state index is -1.16. The van der Waals surface area contributed by atoms with Crippen molar-refractivity contribution in [3.63, 3.8) is 0 Å². The summed E-state index contributed by atoms with van der Waals surface area (Å²) in [6.45, 7) is 1.46. The Labute approximate surface area is 209 Å². The van der Waals surface area contributed by atoms with Crippen molar-refractivity contribution in [2.24, 2.45) is 0 Å². The van der Waals surface area contributed by atoms with E-state index in [2.05, 4.69) is 10.6 Å². The average Bonchev–Trinajstić information content (AvgIpc) is 2.80. The van der Waals surface area contributed by atoms with Crippen molar-refractivity contribution in [3.05, 3.63) is 93.1 Å². The first-order valence-corrected chi connectivity index (χ1v) is 11.3. The largest absolute Gasteiger partial charge is 0.480 e. The van der Waals surface area contributed by atoms with E-state index in [1.807, 2.05) is 22.6 Å². The van der Waals surface area contributed by atoms with E-state index in [-0.39, 0.29) is 18.0 Å². The number of aliphatic carboxylic acids is 1. The Bertz CT molecular complexity index is 1210. The van der Waals surface area contributed by atoms with Crippen LogP contribution in [0.2, 0.25) is 0 Å². The normalized spacial score (nSPS) is 11.2. The summed E-state index contributed by atoms with van der Waals surface area (Å²) in [5.41, 5.74) is 2.05. The molecule has 9 heteroatoms. The zero-order valence-electron chi connectivity index (χ0n) is 18.1. The molecule has 174 valence electrons. The lowest BCUT2D eigenvalue weighted by atomic mass is 10.1. The SMILES string of the molecule is CC(=O)c1ccc(NC(=O)Oc2ccc(C[C@H](NC(=O)c3ccccc3I)C(=O)O)cc2)cc1. The number of hydrogen-bond donors (Lipinski definition) is 3. The van der Waals surface area contributed by atoms with Gasteiger partial charge in [-0.15, -0.1) is 0 Å². The first-order valence-electron chi connectivity index (χ1n) is 10.2. The van der Waals surface area contributed by atoms with Crippen LogP contribution in [0.1, 0.15) is 33.2 Å². The number of hydrogen-bond acceptors (Lipinski definition) is 5. The van der Waals surface area contributed by atoms with E-state index in [9.17, 15) is 24.3 Å². The molecule has 0 unspecified atom stereocenters. The molecule has 0 bridgehead atoms. The maximum atomic E-state index is 12.5. The molecule has 3 N–H and O–H groups in total. The number of carboxylic acids is 1. The Morgan fingerprint density at radius 1 is 0.941 bits per heavy atom. The number of carboxylic acid groups (broad SMARTS) is 1. The molecule has 0 aromatic heterocycles. The molecule has 3 rings (SSSR count). The van der Waals surface area contributed by atoms with Crippen molar-refractivity contribution in [1.29, 1.82) is 0 Å². The van der Waals surface area contributed by atoms with Gasteiger partial charge in [-0.05, 0) is 83.6 Å². The van der Waals surface area contributed by atoms with E-state index >= 15 is 0 Å². The Kier molecular flexibility index (Phi) is 8.36. The molecule has 3 aromatic rings. The highest BCUT2D eigenvalue weighted by Crippen LogP contribution is 2.17. The molecule has 0 fully saturated rings. The topological polar surface area (TPSA) is 122 Å². The van der Waals surface area contributed by atoms with Crippen LogP contribution in [0.3, 0.4) is 0 Å². The van der Waals surface area contributed by atoms with Gasteiger partial charge in [0.15, 0.2) is 5.78 Å². The number of amides is 2. The van der Waals surface area contributed by atoms with Crippen LogP contribution >= 0.6 is 22.6 Å². The number of rotatable bonds is 8. The van der Waals surface area contributed by atoms with Crippen LogP contribution < -0.4 is 15.4 Å². The van der Waals surface area contributed by atoms with Gasteiger partial charge in [0.2, 0.25) is 0 Å². The molecular formula is C25H21IN2O6. The molecule has 0 spiro atoms. The molecular weight excluding hydrogens is 551 g/mol. The molecule has 0 aliphatic rings. The second kappa shape index (κ2) is 11.4. The average molecular weight is 572 g/mol. The lowest BCUT2D eigenvalue weighted by Crippen LogP contribution is -2.42. The first kappa shape index (κ1) is 24.9. The molecule has 0 saturated carbocycles. The number of anilines is 1. The minimum Gasteiger partial charge on any atom is -0.480 e. The third kappa shape index (κ3) is 6.88. The second-order valence-electron chi connectivity index (χ2n) is 7.34. The maximum absolute atomic E-state index is 12.5. The van der Waals surface area contributed by atoms with Crippen LogP contribution in [0.5, 0.6) is 5.75 Å². The van der Waals surface area contributed by atoms with Gasteiger partial charge >= 0.3 is 12.1 Å². The molecule has 2 amide bonds. The second-order valence-corrected chi connectivity index (χ2v) is 8.50. The third-order valence-electron chi connectivity index (χ3n) is 4.83. The Balaban J connectivity index is 1.58. The molecule has 0 radical (unpaired) electrons. The van der Waals surface area contributed by atoms with Gasteiger partial charge in [0.25, 0.3) is 5.91 Å². The summed E-state index contributed by atoms with van der Waals surface area (Å²) in [5.74, 6) is -1.44. The first-order chi connectivity index (χ1) is 16.2. The van der Waals surface area contributed by atoms with Crippen LogP contribution in [0.4, 0.5) is 10.5 Å². The summed E-state index contributed by atoms with van der Waals surface area (Å²) in [6, 6.07) is 18.5. The molecule has 0 saturated heterocycles. The highest BCUT2D eigenvalue weighted by Gasteiger charge is 2.22. The van der Waals surface area contributed by atoms with Gasteiger partial charge in [0, 0.05) is 21.2 Å². The lowest BCUT2D eigenvalue weighted by Gasteiger charge is -2.15. The molecule has 0 aliphatic carbocycles. The van der Waals surface area contributed by atoms with Crippen LogP contribution in [0, 0.1) is 3.57 Å². The number of ketones is 1. The monoisotopic (exact) mass is 572 g/mol. The number of ether oxygens (including phenoxy) is 1. The number of nitrogens with one attached hydrogen (secondary N) is 2. The van der Waals surface area contributed by atoms with Crippen LogP contribution in [-0.2, 0) is 11.2 Å². The minimum absolute atomic E-state index is 0.0550. The Morgan fingerprint density at radius 3 is 2.18 bits per heavy atom. The number of halogens is 1. The molecule has 0 heterocycles. The number of carbonyl (C=O) groups excluding carboxylic acids is 3. The van der Waals surface area contributed by atoms with Gasteiger partial charge in [-0.2, -0.15) is 0 Å². The molecule has 34 heavy (non-hydrogen) atoms. The van der Waals surface area contributed by atoms with E-state index in [1.165, 1.54) is 19.1 Å². The summed E-state index contributed by atoms with van der Waals surface area (Å²) in [4.78, 5) is 47.6. The summed E-state index contributed by atoms with van der Waals surface area (Å²) in [6.07, 6.45) is -0.657. The van der Waals surface area contributed by atoms with Crippen molar-refractivity contribution in [2.75, 3.05) is 5.32 Å². The van der Waals surface area contributed by atoms with Crippen molar-refractivity contribution in [3.8, 4) is 5.75 Å². The third-order valence-corrected chi connectivity index (χ3v) is 5.77. The lowest BCUT2D eigenvalue weighted by molar-refractivity contribution is -0.139. The predicted octanol–water partition coefficient (Wildman–Crippen LogP) is 4.53. The number of Topliss-reactive ketones (excluding diaryl/α,β-unsaturated/α-hetero) is 1. The smallest absolute Gasteiger partial charge is 0.417 e. The highest BCUT2D eigenvalue weighted by atomic mass is 127. The number of carbonyl (C=O) groups is 4. The summed E-state index contributed by atoms with van der Waals surface area (Å²) in [7, 11) is 0. The van der Waals surface area contributed by atoms with Gasteiger partial charge in [0.05, 0.1) is 5.56 Å². The molecule has 3 aromatic carbocycles. The zero-order chi connectivity index (χ0) is 24.7. The molecule has 0 aliphatic heterocycles. The molecule has 8 nitrogen and oxygen atoms in total. The van der Waals surface area contributed by atoms with Crippen molar-refractivity contribution in [1.82, 2.24) is 5.32 Å². The quantitative estimate of drug-likeness (QED) is 0.270. The predicted molar refractivity (Wildman–Crippen MR) is 134 cm³/mol. The van der Waals surface area contributed by atoms with Gasteiger partial charge in [-0.3, -0.25) is 14.9 Å². The van der Waals surface area contributed by atoms with Crippen LogP contribution in [-0.4, -0.2) is 34.9 Å². The Hall–Kier alpha value is -3.73. The van der Waals surface area contributed by atoms with Gasteiger partial charge < -0.3 is 15.2 Å². The highest BCUT2D eigenvalue weighted by molar-refractivity contribution is 14.1. The van der Waals surface area contributed by atoms with Gasteiger partial charge in [-0.1, -0.05) is 24.3 Å². The van der Waals surface area contributed by atoms with E-state index in [0.717, 1.165) is 3.57 Å². The van der Waals surface area contributed by atoms with E-state index in [0.29, 0.717) is 22.4 Å². The van der Waals surface area contributed by atoms with Gasteiger partial charge in [-0.25, -0.2) is 9.59 Å². The molecule has 1 atom stereocenters. The number of benzene rings is 3. The fraction of sp³-hybridized carbons (Fsp3) is 0.120. The van der Waals surface area contributed by atoms with Crippen molar-refractivity contribution < 1.29 is 29.0 Å². The summed E-state index contributed by atoms with van der Waals surface area (Å²) < 4.78 is 5.95. The maximum Gasteiger partial charge on any atom is 0.417 e. The van der Waals surface area contributed by atoms with E-state index in [4.69, 9.17) is 4.74 Å². The van der Waals surface area contributed by atoms with Crippen LogP contribution in [0.15, 0.2) is 72.8 Å². The Morgan fingerprint density at radius 2 is 1.59 bits per heavy atom. The summed E-state index contributed by atoms with van der Waals surface area (Å²) >= 11 is 2.02. The van der Waals surface area contributed by atoms with E-state index < -0.39 is 24.0 Å². The van der Waals surface area contributed by atoms with Crippen molar-refractivity contribution in [2.45, 2.75) is 19.4 Å². The fourth-order valence-corrected chi connectivity index (χ4v) is 3.68. The summed E-state index contributed by atoms with van der Waals surface area (Å²) in [5, 5.41) is 14.7. The standard InChI is InChI=1S/C25H21IN2O6/c1-15(29)17-8-10-18(11-9-17)27-25(33)34-19-12-6-16(7-13-19)14-22(24(31)32)28-23(30)20-4-2-3-5-21(20)26/h2-13,22H,14H2,1H3,(H,27,33)(H,28,30)(H,31,32)/t22-/m0/s1. The van der Waals surface area contributed by atoms with Gasteiger partial charge in [0.1, 0.15) is 11.8 Å². The van der Waals surface area contributed by atoms with E-state index in [1.54, 1.807) is 60.7 Å². The van der Waals surface area contributed by atoms with Crippen molar-refractivity contribution >= 4 is 52.0 Å². The fourth-order valence-electron chi connectivity index (χ4n) is 3.05. The zero-order valence-corrected chi connectivity index (χ0v) is 20.2. The van der Waals surface area contributed by atoms with Crippen LogP contribution in [0.25, 0.3) is 0 Å².